The van der Waals surface area contributed by atoms with Gasteiger partial charge in [-0.1, -0.05) is 12.1 Å². The van der Waals surface area contributed by atoms with Gasteiger partial charge in [-0.3, -0.25) is 4.79 Å². The third kappa shape index (κ3) is 3.56. The summed E-state index contributed by atoms with van der Waals surface area (Å²) < 4.78 is 11.4. The van der Waals surface area contributed by atoms with Crippen LogP contribution in [0.4, 0.5) is 5.95 Å². The van der Waals surface area contributed by atoms with Gasteiger partial charge in [-0.15, -0.1) is 22.7 Å². The van der Waals surface area contributed by atoms with Crippen LogP contribution >= 0.6 is 22.7 Å². The van der Waals surface area contributed by atoms with E-state index in [4.69, 9.17) is 9.47 Å². The first kappa shape index (κ1) is 18.4. The van der Waals surface area contributed by atoms with Gasteiger partial charge in [0, 0.05) is 6.54 Å². The first-order valence-electron chi connectivity index (χ1n) is 8.48. The van der Waals surface area contributed by atoms with E-state index in [2.05, 4.69) is 15.3 Å². The van der Waals surface area contributed by atoms with Crippen LogP contribution in [0.25, 0.3) is 10.2 Å². The second-order valence-corrected chi connectivity index (χ2v) is 7.74. The molecule has 4 rings (SSSR count). The molecule has 3 aromatic heterocycles. The normalized spacial score (nSPS) is 10.8. The van der Waals surface area contributed by atoms with Crippen LogP contribution in [0.1, 0.15) is 20.9 Å². The number of rotatable bonds is 7. The number of carbonyl (C=O) groups excluding carboxylic acids is 1. The van der Waals surface area contributed by atoms with Crippen molar-refractivity contribution < 1.29 is 14.3 Å². The predicted molar refractivity (Wildman–Crippen MR) is 112 cm³/mol. The highest BCUT2D eigenvalue weighted by atomic mass is 32.1. The number of nitrogens with one attached hydrogen (secondary N) is 1. The topological polar surface area (TPSA) is 73.3 Å². The summed E-state index contributed by atoms with van der Waals surface area (Å²) in [5, 5.41) is 7.01. The summed E-state index contributed by atoms with van der Waals surface area (Å²) in [5.74, 6) is 1.66. The molecule has 0 radical (unpaired) electrons. The number of fused-ring (bicyclic) bond motifs is 1. The molecule has 0 saturated carbocycles. The maximum atomic E-state index is 12.9. The predicted octanol–water partition coefficient (Wildman–Crippen LogP) is 4.61. The molecule has 0 fully saturated rings. The van der Waals surface area contributed by atoms with Gasteiger partial charge in [0.15, 0.2) is 11.5 Å². The number of carbonyl (C=O) groups is 1. The number of methoxy groups -OCH3 is 2. The summed E-state index contributed by atoms with van der Waals surface area (Å²) in [5.41, 5.74) is 2.17. The smallest absolute Gasteiger partial charge is 0.224 e. The molecule has 6 nitrogen and oxygen atoms in total. The molecule has 28 heavy (non-hydrogen) atoms. The molecule has 0 unspecified atom stereocenters. The van der Waals surface area contributed by atoms with E-state index in [0.717, 1.165) is 15.8 Å². The van der Waals surface area contributed by atoms with Crippen LogP contribution in [0.15, 0.2) is 47.2 Å². The van der Waals surface area contributed by atoms with Gasteiger partial charge in [-0.25, -0.2) is 9.97 Å². The van der Waals surface area contributed by atoms with Crippen LogP contribution in [0.5, 0.6) is 11.5 Å². The van der Waals surface area contributed by atoms with Crippen molar-refractivity contribution in [2.75, 3.05) is 19.5 Å². The Morgan fingerprint density at radius 1 is 1.04 bits per heavy atom. The third-order valence-corrected chi connectivity index (χ3v) is 5.94. The molecule has 0 aliphatic heterocycles. The Bertz CT molecular complexity index is 1120. The highest BCUT2D eigenvalue weighted by Gasteiger charge is 2.18. The Labute approximate surface area is 169 Å². The van der Waals surface area contributed by atoms with Crippen molar-refractivity contribution in [2.45, 2.75) is 6.54 Å². The van der Waals surface area contributed by atoms with Crippen molar-refractivity contribution in [1.29, 1.82) is 0 Å². The van der Waals surface area contributed by atoms with E-state index < -0.39 is 0 Å². The molecule has 0 amide bonds. The fourth-order valence-electron chi connectivity index (χ4n) is 2.79. The molecule has 1 N–H and O–H groups in total. The van der Waals surface area contributed by atoms with Crippen LogP contribution in [0, 0.1) is 0 Å². The summed E-state index contributed by atoms with van der Waals surface area (Å²) in [6, 6.07) is 11.3. The van der Waals surface area contributed by atoms with Gasteiger partial charge in [0.2, 0.25) is 11.7 Å². The van der Waals surface area contributed by atoms with Crippen LogP contribution in [0.2, 0.25) is 0 Å². The molecule has 4 aromatic rings. The van der Waals surface area contributed by atoms with Gasteiger partial charge in [-0.2, -0.15) is 0 Å². The van der Waals surface area contributed by atoms with E-state index in [1.165, 1.54) is 22.7 Å². The van der Waals surface area contributed by atoms with Crippen molar-refractivity contribution in [3.63, 3.8) is 0 Å². The first-order valence-corrected chi connectivity index (χ1v) is 10.2. The number of ketones is 1. The van der Waals surface area contributed by atoms with E-state index in [1.54, 1.807) is 14.2 Å². The molecule has 8 heteroatoms. The third-order valence-electron chi connectivity index (χ3n) is 4.16. The van der Waals surface area contributed by atoms with Gasteiger partial charge in [-0.05, 0) is 40.6 Å². The highest BCUT2D eigenvalue weighted by molar-refractivity contribution is 7.17. The number of hydrogen-bond donors (Lipinski definition) is 1. The monoisotopic (exact) mass is 411 g/mol. The van der Waals surface area contributed by atoms with Gasteiger partial charge < -0.3 is 14.8 Å². The Morgan fingerprint density at radius 3 is 2.64 bits per heavy atom. The zero-order chi connectivity index (χ0) is 19.5. The van der Waals surface area contributed by atoms with Gasteiger partial charge >= 0.3 is 0 Å². The molecule has 142 valence electrons. The van der Waals surface area contributed by atoms with Crippen LogP contribution in [-0.2, 0) is 6.54 Å². The van der Waals surface area contributed by atoms with Gasteiger partial charge in [0.05, 0.1) is 29.3 Å². The molecule has 0 aliphatic rings. The summed E-state index contributed by atoms with van der Waals surface area (Å²) in [6.45, 7) is 0.489. The van der Waals surface area contributed by atoms with Crippen molar-refractivity contribution in [1.82, 2.24) is 9.97 Å². The summed E-state index contributed by atoms with van der Waals surface area (Å²) in [7, 11) is 3.21. The molecule has 0 saturated heterocycles. The number of thiophene rings is 2. The molecule has 1 aromatic carbocycles. The highest BCUT2D eigenvalue weighted by Crippen LogP contribution is 2.29. The second-order valence-electron chi connectivity index (χ2n) is 5.88. The van der Waals surface area contributed by atoms with E-state index in [1.807, 2.05) is 47.2 Å². The van der Waals surface area contributed by atoms with E-state index in [-0.39, 0.29) is 5.78 Å². The summed E-state index contributed by atoms with van der Waals surface area (Å²) in [6.07, 6.45) is 0. The zero-order valence-electron chi connectivity index (χ0n) is 15.3. The van der Waals surface area contributed by atoms with Crippen molar-refractivity contribution in [3.05, 3.63) is 63.3 Å². The molecule has 0 spiro atoms. The fraction of sp³-hybridized carbons (Fsp3) is 0.150. The summed E-state index contributed by atoms with van der Waals surface area (Å²) in [4.78, 5) is 22.6. The second kappa shape index (κ2) is 7.95. The van der Waals surface area contributed by atoms with E-state index >= 15 is 0 Å². The molecular formula is C20H17N3O3S2. The Kier molecular flexibility index (Phi) is 5.23. The minimum absolute atomic E-state index is 0.0842. The Balaban J connectivity index is 1.62. The number of aromatic nitrogens is 2. The van der Waals surface area contributed by atoms with E-state index in [0.29, 0.717) is 34.6 Å². The van der Waals surface area contributed by atoms with Crippen molar-refractivity contribution >= 4 is 44.6 Å². The van der Waals surface area contributed by atoms with Crippen LogP contribution in [0.3, 0.4) is 0 Å². The van der Waals surface area contributed by atoms with Gasteiger partial charge in [0.25, 0.3) is 0 Å². The van der Waals surface area contributed by atoms with Gasteiger partial charge in [0.1, 0.15) is 5.69 Å². The van der Waals surface area contributed by atoms with Crippen LogP contribution < -0.4 is 14.8 Å². The molecule has 0 atom stereocenters. The largest absolute Gasteiger partial charge is 0.493 e. The number of ether oxygens (including phenoxy) is 2. The fourth-order valence-corrected chi connectivity index (χ4v) is 4.27. The number of anilines is 1. The minimum Gasteiger partial charge on any atom is -0.493 e. The number of nitrogens with zero attached hydrogens (tertiary/aromatic N) is 2. The average molecular weight is 412 g/mol. The average Bonchev–Trinajstić information content (AvgIpc) is 3.42. The van der Waals surface area contributed by atoms with Crippen LogP contribution in [-0.4, -0.2) is 30.0 Å². The number of hydrogen-bond acceptors (Lipinski definition) is 8. The quantitative estimate of drug-likeness (QED) is 0.448. The maximum absolute atomic E-state index is 12.9. The lowest BCUT2D eigenvalue weighted by Gasteiger charge is -2.11. The lowest BCUT2D eigenvalue weighted by Crippen LogP contribution is -2.09. The lowest BCUT2D eigenvalue weighted by molar-refractivity contribution is 0.103. The molecular weight excluding hydrogens is 394 g/mol. The first-order chi connectivity index (χ1) is 13.7. The lowest BCUT2D eigenvalue weighted by atomic mass is 10.2. The minimum atomic E-state index is -0.0842. The maximum Gasteiger partial charge on any atom is 0.224 e. The van der Waals surface area contributed by atoms with Crippen molar-refractivity contribution in [3.8, 4) is 11.5 Å². The summed E-state index contributed by atoms with van der Waals surface area (Å²) >= 11 is 2.88. The molecule has 0 aliphatic carbocycles. The zero-order valence-corrected chi connectivity index (χ0v) is 16.9. The molecule has 0 bridgehead atoms. The molecule has 3 heterocycles. The number of benzene rings is 1. The Hall–Kier alpha value is -2.97. The Morgan fingerprint density at radius 2 is 1.89 bits per heavy atom. The standard InChI is InChI=1S/C20H17N3O3S2/c1-25-14-6-5-12(10-15(14)26-2)11-21-20-22-13-7-9-28-19(13)17(23-20)18(24)16-4-3-8-27-16/h3-10H,11H2,1-2H3,(H,21,22,23). The van der Waals surface area contributed by atoms with Crippen molar-refractivity contribution in [2.24, 2.45) is 0 Å². The SMILES string of the molecule is COc1ccc(CNc2nc(C(=O)c3cccs3)c3sccc3n2)cc1OC. The van der Waals surface area contributed by atoms with E-state index in [9.17, 15) is 4.79 Å².